The van der Waals surface area contributed by atoms with E-state index in [4.69, 9.17) is 5.73 Å². The maximum atomic E-state index is 11.9. The molecule has 2 aromatic rings. The number of rotatable bonds is 4. The fourth-order valence-corrected chi connectivity index (χ4v) is 2.64. The summed E-state index contributed by atoms with van der Waals surface area (Å²) in [4.78, 5) is 15.0. The smallest absolute Gasteiger partial charge is 0.273 e. The van der Waals surface area contributed by atoms with Gasteiger partial charge in [0.1, 0.15) is 0 Å². The standard InChI is InChI=1S/C16H15BrN4O/c17-11-7-13(19-9-11)8-14-15(20-21-16(14)22)6-3-10-1-4-12(18)5-2-10/h1-2,4-5,7-9,19H,3,6,18H2,(H,21,22). The van der Waals surface area contributed by atoms with Crippen molar-refractivity contribution in [1.82, 2.24) is 10.4 Å². The number of aryl methyl sites for hydroxylation is 1. The van der Waals surface area contributed by atoms with Crippen LogP contribution in [0.5, 0.6) is 0 Å². The number of hydrazone groups is 1. The second-order valence-electron chi connectivity index (χ2n) is 5.07. The van der Waals surface area contributed by atoms with Crippen molar-refractivity contribution in [2.24, 2.45) is 5.10 Å². The molecule has 0 aliphatic carbocycles. The van der Waals surface area contributed by atoms with Crippen LogP contribution >= 0.6 is 15.9 Å². The van der Waals surface area contributed by atoms with E-state index in [-0.39, 0.29) is 5.91 Å². The highest BCUT2D eigenvalue weighted by molar-refractivity contribution is 9.10. The molecular weight excluding hydrogens is 344 g/mol. The number of nitrogen functional groups attached to an aromatic ring is 1. The number of benzene rings is 1. The van der Waals surface area contributed by atoms with Crippen LogP contribution in [0, 0.1) is 0 Å². The molecule has 1 aliphatic heterocycles. The molecule has 0 saturated carbocycles. The average molecular weight is 359 g/mol. The second-order valence-corrected chi connectivity index (χ2v) is 5.99. The largest absolute Gasteiger partial charge is 0.399 e. The molecule has 1 aromatic heterocycles. The molecule has 0 bridgehead atoms. The molecule has 6 heteroatoms. The Balaban J connectivity index is 1.73. The van der Waals surface area contributed by atoms with Gasteiger partial charge in [-0.2, -0.15) is 5.10 Å². The van der Waals surface area contributed by atoms with E-state index in [1.807, 2.05) is 42.6 Å². The number of H-pyrrole nitrogens is 1. The van der Waals surface area contributed by atoms with Crippen LogP contribution in [-0.4, -0.2) is 16.6 Å². The summed E-state index contributed by atoms with van der Waals surface area (Å²) in [6, 6.07) is 9.65. The minimum absolute atomic E-state index is 0.168. The number of nitrogens with zero attached hydrogens (tertiary/aromatic N) is 1. The van der Waals surface area contributed by atoms with E-state index in [1.54, 1.807) is 0 Å². The van der Waals surface area contributed by atoms with Crippen molar-refractivity contribution >= 4 is 39.3 Å². The van der Waals surface area contributed by atoms with E-state index in [0.717, 1.165) is 28.0 Å². The van der Waals surface area contributed by atoms with Crippen molar-refractivity contribution in [3.05, 3.63) is 57.8 Å². The lowest BCUT2D eigenvalue weighted by Crippen LogP contribution is -2.13. The quantitative estimate of drug-likeness (QED) is 0.579. The Morgan fingerprint density at radius 2 is 2.00 bits per heavy atom. The highest BCUT2D eigenvalue weighted by Gasteiger charge is 2.22. The Bertz CT molecular complexity index is 759. The van der Waals surface area contributed by atoms with Gasteiger partial charge in [-0.15, -0.1) is 0 Å². The summed E-state index contributed by atoms with van der Waals surface area (Å²) >= 11 is 3.38. The average Bonchev–Trinajstić information content (AvgIpc) is 3.06. The maximum Gasteiger partial charge on any atom is 0.273 e. The van der Waals surface area contributed by atoms with Crippen LogP contribution in [0.4, 0.5) is 5.69 Å². The van der Waals surface area contributed by atoms with Gasteiger partial charge in [-0.25, -0.2) is 5.43 Å². The molecule has 4 N–H and O–H groups in total. The lowest BCUT2D eigenvalue weighted by atomic mass is 10.0. The summed E-state index contributed by atoms with van der Waals surface area (Å²) in [5.41, 5.74) is 12.4. The molecule has 1 aromatic carbocycles. The molecule has 0 saturated heterocycles. The Kier molecular flexibility index (Phi) is 4.11. The number of carbonyl (C=O) groups is 1. The van der Waals surface area contributed by atoms with Crippen LogP contribution < -0.4 is 11.2 Å². The molecule has 0 radical (unpaired) electrons. The van der Waals surface area contributed by atoms with Gasteiger partial charge in [0.15, 0.2) is 0 Å². The van der Waals surface area contributed by atoms with Gasteiger partial charge < -0.3 is 10.7 Å². The molecule has 0 unspecified atom stereocenters. The van der Waals surface area contributed by atoms with Crippen LogP contribution in [0.1, 0.15) is 17.7 Å². The van der Waals surface area contributed by atoms with E-state index >= 15 is 0 Å². The Morgan fingerprint density at radius 3 is 2.68 bits per heavy atom. The lowest BCUT2D eigenvalue weighted by molar-refractivity contribution is -0.116. The van der Waals surface area contributed by atoms with Gasteiger partial charge in [0.2, 0.25) is 0 Å². The predicted molar refractivity (Wildman–Crippen MR) is 91.2 cm³/mol. The zero-order chi connectivity index (χ0) is 15.5. The number of hydrogen-bond acceptors (Lipinski definition) is 3. The molecule has 0 atom stereocenters. The molecule has 1 aliphatic rings. The van der Waals surface area contributed by atoms with Crippen molar-refractivity contribution < 1.29 is 4.79 Å². The van der Waals surface area contributed by atoms with Crippen LogP contribution in [0.15, 0.2) is 51.7 Å². The van der Waals surface area contributed by atoms with Crippen molar-refractivity contribution in [3.8, 4) is 0 Å². The van der Waals surface area contributed by atoms with Gasteiger partial charge in [0.25, 0.3) is 5.91 Å². The first-order valence-electron chi connectivity index (χ1n) is 6.89. The lowest BCUT2D eigenvalue weighted by Gasteiger charge is -2.03. The molecule has 5 nitrogen and oxygen atoms in total. The van der Waals surface area contributed by atoms with E-state index in [9.17, 15) is 4.79 Å². The van der Waals surface area contributed by atoms with Gasteiger partial charge in [0, 0.05) is 22.1 Å². The normalized spacial score (nSPS) is 16.0. The number of aromatic nitrogens is 1. The SMILES string of the molecule is Nc1ccc(CCC2=NNC(=O)C2=Cc2cc(Br)c[nH]2)cc1. The second kappa shape index (κ2) is 6.19. The topological polar surface area (TPSA) is 83.3 Å². The van der Waals surface area contributed by atoms with E-state index in [1.165, 1.54) is 5.56 Å². The van der Waals surface area contributed by atoms with Gasteiger partial charge >= 0.3 is 0 Å². The monoisotopic (exact) mass is 358 g/mol. The number of anilines is 1. The van der Waals surface area contributed by atoms with Gasteiger partial charge in [0.05, 0.1) is 11.3 Å². The predicted octanol–water partition coefficient (Wildman–Crippen LogP) is 2.86. The summed E-state index contributed by atoms with van der Waals surface area (Å²) in [6.45, 7) is 0. The first kappa shape index (κ1) is 14.6. The van der Waals surface area contributed by atoms with Gasteiger partial charge in [-0.05, 0) is 58.6 Å². The zero-order valence-corrected chi connectivity index (χ0v) is 13.4. The van der Waals surface area contributed by atoms with Crippen molar-refractivity contribution in [3.63, 3.8) is 0 Å². The molecule has 1 amide bonds. The maximum absolute atomic E-state index is 11.9. The van der Waals surface area contributed by atoms with E-state index in [0.29, 0.717) is 12.0 Å². The molecule has 22 heavy (non-hydrogen) atoms. The Hall–Kier alpha value is -2.34. The summed E-state index contributed by atoms with van der Waals surface area (Å²) in [7, 11) is 0. The van der Waals surface area contributed by atoms with Crippen LogP contribution in [0.3, 0.4) is 0 Å². The van der Waals surface area contributed by atoms with Crippen molar-refractivity contribution in [2.75, 3.05) is 5.73 Å². The zero-order valence-electron chi connectivity index (χ0n) is 11.8. The molecule has 112 valence electrons. The van der Waals surface area contributed by atoms with E-state index < -0.39 is 0 Å². The highest BCUT2D eigenvalue weighted by atomic mass is 79.9. The van der Waals surface area contributed by atoms with Crippen LogP contribution in [0.25, 0.3) is 6.08 Å². The van der Waals surface area contributed by atoms with Crippen molar-refractivity contribution in [2.45, 2.75) is 12.8 Å². The number of amides is 1. The Labute approximate surface area is 136 Å². The summed E-state index contributed by atoms with van der Waals surface area (Å²) in [6.07, 6.45) is 5.13. The number of carbonyl (C=O) groups excluding carboxylic acids is 1. The molecule has 0 spiro atoms. The number of hydrogen-bond donors (Lipinski definition) is 3. The number of nitrogens with one attached hydrogen (secondary N) is 2. The third kappa shape index (κ3) is 3.28. The number of nitrogens with two attached hydrogens (primary N) is 1. The summed E-state index contributed by atoms with van der Waals surface area (Å²) < 4.78 is 0.943. The summed E-state index contributed by atoms with van der Waals surface area (Å²) in [5, 5.41) is 4.13. The van der Waals surface area contributed by atoms with Gasteiger partial charge in [-0.1, -0.05) is 12.1 Å². The van der Waals surface area contributed by atoms with Crippen LogP contribution in [0.2, 0.25) is 0 Å². The minimum atomic E-state index is -0.168. The Morgan fingerprint density at radius 1 is 1.23 bits per heavy atom. The fourth-order valence-electron chi connectivity index (χ4n) is 2.28. The fraction of sp³-hybridized carbons (Fsp3) is 0.125. The third-order valence-corrected chi connectivity index (χ3v) is 3.91. The van der Waals surface area contributed by atoms with Gasteiger partial charge in [-0.3, -0.25) is 4.79 Å². The van der Waals surface area contributed by atoms with E-state index in [2.05, 4.69) is 31.4 Å². The number of halogens is 1. The van der Waals surface area contributed by atoms with Crippen molar-refractivity contribution in [1.29, 1.82) is 0 Å². The molecule has 2 heterocycles. The minimum Gasteiger partial charge on any atom is -0.399 e. The molecule has 3 rings (SSSR count). The summed E-state index contributed by atoms with van der Waals surface area (Å²) in [5.74, 6) is -0.168. The number of aromatic amines is 1. The third-order valence-electron chi connectivity index (χ3n) is 3.45. The first-order chi connectivity index (χ1) is 10.6. The van der Waals surface area contributed by atoms with Crippen LogP contribution in [-0.2, 0) is 11.2 Å². The highest BCUT2D eigenvalue weighted by Crippen LogP contribution is 2.18. The molecule has 0 fully saturated rings. The molecular formula is C16H15BrN4O. The first-order valence-corrected chi connectivity index (χ1v) is 7.68.